The predicted octanol–water partition coefficient (Wildman–Crippen LogP) is 7.24. The van der Waals surface area contributed by atoms with Crippen LogP contribution in [-0.2, 0) is 0 Å². The third-order valence-electron chi connectivity index (χ3n) is 7.91. The zero-order valence-electron chi connectivity index (χ0n) is 22.9. The van der Waals surface area contributed by atoms with Gasteiger partial charge in [0.1, 0.15) is 0 Å². The summed E-state index contributed by atoms with van der Waals surface area (Å²) in [6.07, 6.45) is 0. The monoisotopic (exact) mass is 548 g/mol. The Morgan fingerprint density at radius 3 is 1.10 bits per heavy atom. The lowest BCUT2D eigenvalue weighted by molar-refractivity contribution is 0.0904. The van der Waals surface area contributed by atoms with Gasteiger partial charge in [0.2, 0.25) is 0 Å². The van der Waals surface area contributed by atoms with Gasteiger partial charge in [0.25, 0.3) is 23.6 Å². The number of benzene rings is 5. The standard InChI is InChI=1S/C36H24N2O4/c1-21-7-11-23(12-8-21)25-15-17-27-29(19-25)35(41)37(33(27)39)31-5-3-4-6-32(31)38-34(40)28-18-16-26(20-30(28)36(38)42)24-13-9-22(2)10-14-24/h3-20H,1-2H3. The first-order valence-electron chi connectivity index (χ1n) is 13.6. The van der Waals surface area contributed by atoms with Crippen molar-refractivity contribution in [2.45, 2.75) is 13.8 Å². The average Bonchev–Trinajstić information content (AvgIpc) is 3.41. The molecule has 202 valence electrons. The molecular weight excluding hydrogens is 524 g/mol. The summed E-state index contributed by atoms with van der Waals surface area (Å²) in [7, 11) is 0. The summed E-state index contributed by atoms with van der Waals surface area (Å²) in [5.74, 6) is -2.02. The zero-order chi connectivity index (χ0) is 29.1. The van der Waals surface area contributed by atoms with Crippen molar-refractivity contribution in [3.63, 3.8) is 0 Å². The Kier molecular flexibility index (Phi) is 5.73. The normalized spacial score (nSPS) is 14.0. The average molecular weight is 549 g/mol. The molecule has 0 aromatic heterocycles. The summed E-state index contributed by atoms with van der Waals surface area (Å²) < 4.78 is 0. The number of hydrogen-bond acceptors (Lipinski definition) is 4. The lowest BCUT2D eigenvalue weighted by atomic mass is 9.99. The van der Waals surface area contributed by atoms with E-state index < -0.39 is 23.6 Å². The summed E-state index contributed by atoms with van der Waals surface area (Å²) in [5.41, 5.74) is 7.17. The van der Waals surface area contributed by atoms with Crippen LogP contribution in [0.3, 0.4) is 0 Å². The number of fused-ring (bicyclic) bond motifs is 2. The minimum Gasteiger partial charge on any atom is -0.268 e. The molecule has 2 aliphatic rings. The summed E-state index contributed by atoms with van der Waals surface area (Å²) in [6.45, 7) is 4.00. The van der Waals surface area contributed by atoms with Crippen LogP contribution in [0, 0.1) is 13.8 Å². The number of nitrogens with zero attached hydrogens (tertiary/aromatic N) is 2. The molecule has 0 N–H and O–H groups in total. The van der Waals surface area contributed by atoms with Crippen LogP contribution in [0.1, 0.15) is 52.6 Å². The fourth-order valence-corrected chi connectivity index (χ4v) is 5.61. The fraction of sp³-hybridized carbons (Fsp3) is 0.0556. The SMILES string of the molecule is Cc1ccc(-c2ccc3c(c2)C(=O)N(c2ccccc2N2C(=O)c4ccc(-c5ccc(C)cc5)cc4C2=O)C3=O)cc1. The van der Waals surface area contributed by atoms with Crippen LogP contribution in [0.4, 0.5) is 11.4 Å². The molecule has 0 saturated carbocycles. The van der Waals surface area contributed by atoms with Crippen molar-refractivity contribution in [1.29, 1.82) is 0 Å². The van der Waals surface area contributed by atoms with Crippen molar-refractivity contribution in [1.82, 2.24) is 0 Å². The summed E-state index contributed by atoms with van der Waals surface area (Å²) in [4.78, 5) is 56.8. The highest BCUT2D eigenvalue weighted by molar-refractivity contribution is 6.39. The van der Waals surface area contributed by atoms with E-state index >= 15 is 0 Å². The van der Waals surface area contributed by atoms with Crippen molar-refractivity contribution >= 4 is 35.0 Å². The minimum atomic E-state index is -0.505. The minimum absolute atomic E-state index is 0.175. The van der Waals surface area contributed by atoms with Crippen LogP contribution in [-0.4, -0.2) is 23.6 Å². The van der Waals surface area contributed by atoms with Gasteiger partial charge in [-0.2, -0.15) is 0 Å². The molecule has 0 bridgehead atoms. The smallest absolute Gasteiger partial charge is 0.266 e. The van der Waals surface area contributed by atoms with Gasteiger partial charge < -0.3 is 0 Å². The van der Waals surface area contributed by atoms with E-state index in [9.17, 15) is 19.2 Å². The molecule has 5 aromatic carbocycles. The van der Waals surface area contributed by atoms with E-state index in [1.807, 2.05) is 74.5 Å². The number of carbonyl (C=O) groups is 4. The maximum atomic E-state index is 13.7. The predicted molar refractivity (Wildman–Crippen MR) is 162 cm³/mol. The van der Waals surface area contributed by atoms with Crippen LogP contribution < -0.4 is 9.80 Å². The first kappa shape index (κ1) is 25.4. The lowest BCUT2D eigenvalue weighted by Crippen LogP contribution is -2.35. The van der Waals surface area contributed by atoms with Gasteiger partial charge in [-0.3, -0.25) is 19.2 Å². The Balaban J connectivity index is 1.26. The fourth-order valence-electron chi connectivity index (χ4n) is 5.61. The maximum Gasteiger partial charge on any atom is 0.266 e. The molecule has 0 atom stereocenters. The van der Waals surface area contributed by atoms with Gasteiger partial charge in [0.05, 0.1) is 33.6 Å². The van der Waals surface area contributed by atoms with Crippen molar-refractivity contribution in [3.8, 4) is 22.3 Å². The molecule has 42 heavy (non-hydrogen) atoms. The Bertz CT molecular complexity index is 1830. The number of anilines is 2. The molecule has 6 nitrogen and oxygen atoms in total. The van der Waals surface area contributed by atoms with Crippen molar-refractivity contribution in [3.05, 3.63) is 143 Å². The highest BCUT2D eigenvalue weighted by Crippen LogP contribution is 2.40. The Labute approximate surface area is 242 Å². The molecule has 0 unspecified atom stereocenters. The van der Waals surface area contributed by atoms with Gasteiger partial charge >= 0.3 is 0 Å². The number of imide groups is 2. The van der Waals surface area contributed by atoms with Gasteiger partial charge in [0.15, 0.2) is 0 Å². The molecule has 4 amide bonds. The van der Waals surface area contributed by atoms with Crippen molar-refractivity contribution in [2.24, 2.45) is 0 Å². The Morgan fingerprint density at radius 1 is 0.381 bits per heavy atom. The van der Waals surface area contributed by atoms with E-state index in [-0.39, 0.29) is 33.6 Å². The van der Waals surface area contributed by atoms with Gasteiger partial charge in [-0.05, 0) is 72.5 Å². The van der Waals surface area contributed by atoms with E-state index in [1.54, 1.807) is 48.5 Å². The second-order valence-electron chi connectivity index (χ2n) is 10.6. The van der Waals surface area contributed by atoms with Gasteiger partial charge in [-0.15, -0.1) is 0 Å². The highest BCUT2D eigenvalue weighted by atomic mass is 16.2. The van der Waals surface area contributed by atoms with Gasteiger partial charge in [0, 0.05) is 0 Å². The molecule has 0 radical (unpaired) electrons. The first-order chi connectivity index (χ1) is 20.3. The van der Waals surface area contributed by atoms with E-state index in [1.165, 1.54) is 0 Å². The number of rotatable bonds is 4. The molecule has 6 heteroatoms. The molecule has 0 aliphatic carbocycles. The zero-order valence-corrected chi connectivity index (χ0v) is 22.9. The number of aryl methyl sites for hydroxylation is 2. The second kappa shape index (κ2) is 9.49. The second-order valence-corrected chi connectivity index (χ2v) is 10.6. The van der Waals surface area contributed by atoms with Crippen molar-refractivity contribution < 1.29 is 19.2 Å². The number of hydrogen-bond donors (Lipinski definition) is 0. The lowest BCUT2D eigenvalue weighted by Gasteiger charge is -2.22. The Hall–Kier alpha value is -5.62. The number of amides is 4. The molecule has 5 aromatic rings. The molecule has 0 spiro atoms. The van der Waals surface area contributed by atoms with E-state index in [0.717, 1.165) is 43.2 Å². The Morgan fingerprint density at radius 2 is 0.714 bits per heavy atom. The topological polar surface area (TPSA) is 74.8 Å². The van der Waals surface area contributed by atoms with E-state index in [4.69, 9.17) is 0 Å². The first-order valence-corrected chi connectivity index (χ1v) is 13.6. The van der Waals surface area contributed by atoms with Crippen LogP contribution in [0.15, 0.2) is 109 Å². The van der Waals surface area contributed by atoms with Gasteiger partial charge in [-0.25, -0.2) is 9.80 Å². The molecule has 2 aliphatic heterocycles. The van der Waals surface area contributed by atoms with E-state index in [2.05, 4.69) is 0 Å². The molecular formula is C36H24N2O4. The highest BCUT2D eigenvalue weighted by Gasteiger charge is 2.42. The van der Waals surface area contributed by atoms with Crippen LogP contribution >= 0.6 is 0 Å². The summed E-state index contributed by atoms with van der Waals surface area (Å²) in [5, 5.41) is 0. The van der Waals surface area contributed by atoms with Crippen LogP contribution in [0.2, 0.25) is 0 Å². The number of para-hydroxylation sites is 2. The van der Waals surface area contributed by atoms with E-state index in [0.29, 0.717) is 0 Å². The van der Waals surface area contributed by atoms with Crippen LogP contribution in [0.5, 0.6) is 0 Å². The van der Waals surface area contributed by atoms with Gasteiger partial charge in [-0.1, -0.05) is 83.9 Å². The molecule has 2 heterocycles. The molecule has 0 saturated heterocycles. The third kappa shape index (κ3) is 3.88. The summed E-state index contributed by atoms with van der Waals surface area (Å²) in [6, 6.07) is 32.7. The quantitative estimate of drug-likeness (QED) is 0.222. The largest absolute Gasteiger partial charge is 0.268 e. The summed E-state index contributed by atoms with van der Waals surface area (Å²) >= 11 is 0. The molecule has 7 rings (SSSR count). The van der Waals surface area contributed by atoms with Crippen LogP contribution in [0.25, 0.3) is 22.3 Å². The maximum absolute atomic E-state index is 13.7. The molecule has 0 fully saturated rings. The third-order valence-corrected chi connectivity index (χ3v) is 7.91. The van der Waals surface area contributed by atoms with Crippen molar-refractivity contribution in [2.75, 3.05) is 9.80 Å². The number of carbonyl (C=O) groups excluding carboxylic acids is 4.